The van der Waals surface area contributed by atoms with E-state index in [4.69, 9.17) is 10.8 Å². The smallest absolute Gasteiger partial charge is 0.326 e. The van der Waals surface area contributed by atoms with Gasteiger partial charge in [0.15, 0.2) is 11.5 Å². The number of aliphatic carboxylic acids is 1. The van der Waals surface area contributed by atoms with Crippen LogP contribution in [0, 0.1) is 0 Å². The molecule has 0 saturated heterocycles. The van der Waals surface area contributed by atoms with Gasteiger partial charge >= 0.3 is 5.97 Å². The molecular formula is C14H18N2O5. The van der Waals surface area contributed by atoms with E-state index in [-0.39, 0.29) is 24.3 Å². The predicted molar refractivity (Wildman–Crippen MR) is 75.8 cm³/mol. The Hall–Kier alpha value is -2.54. The number of amides is 1. The van der Waals surface area contributed by atoms with Crippen LogP contribution in [0.5, 0.6) is 11.5 Å². The second-order valence-corrected chi connectivity index (χ2v) is 4.56. The summed E-state index contributed by atoms with van der Waals surface area (Å²) in [6.45, 7) is 3.42. The molecule has 0 spiro atoms. The third-order valence-electron chi connectivity index (χ3n) is 2.85. The van der Waals surface area contributed by atoms with Gasteiger partial charge in [0.1, 0.15) is 6.04 Å². The van der Waals surface area contributed by atoms with Gasteiger partial charge < -0.3 is 26.4 Å². The first kappa shape index (κ1) is 16.5. The number of phenols is 2. The van der Waals surface area contributed by atoms with E-state index >= 15 is 0 Å². The molecule has 1 unspecified atom stereocenters. The Labute approximate surface area is 121 Å². The molecule has 21 heavy (non-hydrogen) atoms. The molecule has 114 valence electrons. The zero-order chi connectivity index (χ0) is 16.0. The standard InChI is InChI=1S/C14H18N2O5/c1-2-3-10(14(20)21)16-13(19)9(15)6-8-4-5-11(17)12(18)7-8/h2,4-5,7,9-10,17-18H,1,3,6,15H2,(H,16,19)(H,20,21)/t9-,10?/m0/s1. The van der Waals surface area contributed by atoms with Gasteiger partial charge in [-0.15, -0.1) is 6.58 Å². The van der Waals surface area contributed by atoms with Crippen LogP contribution in [0.4, 0.5) is 0 Å². The number of carboxylic acids is 1. The fourth-order valence-electron chi connectivity index (χ4n) is 1.71. The van der Waals surface area contributed by atoms with Crippen LogP contribution >= 0.6 is 0 Å². The van der Waals surface area contributed by atoms with E-state index < -0.39 is 24.0 Å². The average molecular weight is 294 g/mol. The first-order valence-corrected chi connectivity index (χ1v) is 6.25. The topological polar surface area (TPSA) is 133 Å². The van der Waals surface area contributed by atoms with Gasteiger partial charge in [-0.25, -0.2) is 4.79 Å². The number of carbonyl (C=O) groups excluding carboxylic acids is 1. The maximum Gasteiger partial charge on any atom is 0.326 e. The van der Waals surface area contributed by atoms with Crippen molar-refractivity contribution in [1.82, 2.24) is 5.32 Å². The van der Waals surface area contributed by atoms with Crippen LogP contribution in [0.1, 0.15) is 12.0 Å². The Balaban J connectivity index is 2.67. The fraction of sp³-hybridized carbons (Fsp3) is 0.286. The molecule has 0 saturated carbocycles. The number of aromatic hydroxyl groups is 2. The summed E-state index contributed by atoms with van der Waals surface area (Å²) in [5.41, 5.74) is 6.25. The zero-order valence-corrected chi connectivity index (χ0v) is 11.3. The van der Waals surface area contributed by atoms with E-state index in [2.05, 4.69) is 11.9 Å². The molecule has 2 atom stereocenters. The third kappa shape index (κ3) is 4.81. The summed E-state index contributed by atoms with van der Waals surface area (Å²) in [6.07, 6.45) is 1.58. The molecule has 7 nitrogen and oxygen atoms in total. The molecule has 0 aliphatic carbocycles. The van der Waals surface area contributed by atoms with Crippen molar-refractivity contribution in [1.29, 1.82) is 0 Å². The number of phenolic OH excluding ortho intramolecular Hbond substituents is 2. The molecule has 1 rings (SSSR count). The maximum atomic E-state index is 11.8. The second kappa shape index (κ2) is 7.30. The van der Waals surface area contributed by atoms with Crippen molar-refractivity contribution in [3.63, 3.8) is 0 Å². The van der Waals surface area contributed by atoms with Crippen LogP contribution in [0.3, 0.4) is 0 Å². The Morgan fingerprint density at radius 1 is 1.33 bits per heavy atom. The van der Waals surface area contributed by atoms with Crippen molar-refractivity contribution in [2.75, 3.05) is 0 Å². The number of hydrogen-bond acceptors (Lipinski definition) is 5. The van der Waals surface area contributed by atoms with Gasteiger partial charge in [0, 0.05) is 0 Å². The minimum atomic E-state index is -1.17. The van der Waals surface area contributed by atoms with Gasteiger partial charge in [0.05, 0.1) is 6.04 Å². The van der Waals surface area contributed by atoms with Crippen molar-refractivity contribution in [2.45, 2.75) is 24.9 Å². The summed E-state index contributed by atoms with van der Waals surface area (Å²) >= 11 is 0. The van der Waals surface area contributed by atoms with Gasteiger partial charge in [-0.2, -0.15) is 0 Å². The molecule has 0 aliphatic heterocycles. The van der Waals surface area contributed by atoms with Gasteiger partial charge in [-0.3, -0.25) is 4.79 Å². The molecule has 0 bridgehead atoms. The summed E-state index contributed by atoms with van der Waals surface area (Å²) in [6, 6.07) is 2.05. The summed E-state index contributed by atoms with van der Waals surface area (Å²) in [7, 11) is 0. The van der Waals surface area contributed by atoms with Gasteiger partial charge in [0.2, 0.25) is 5.91 Å². The van der Waals surface area contributed by atoms with E-state index in [0.29, 0.717) is 5.56 Å². The average Bonchev–Trinajstić information content (AvgIpc) is 2.42. The number of nitrogens with two attached hydrogens (primary N) is 1. The highest BCUT2D eigenvalue weighted by Gasteiger charge is 2.22. The van der Waals surface area contributed by atoms with Crippen LogP contribution in [0.2, 0.25) is 0 Å². The molecule has 0 aliphatic rings. The monoisotopic (exact) mass is 294 g/mol. The lowest BCUT2D eigenvalue weighted by Crippen LogP contribution is -2.49. The van der Waals surface area contributed by atoms with Crippen LogP contribution < -0.4 is 11.1 Å². The van der Waals surface area contributed by atoms with Crippen molar-refractivity contribution in [2.24, 2.45) is 5.73 Å². The summed E-state index contributed by atoms with van der Waals surface area (Å²) in [5, 5.41) is 29.8. The lowest BCUT2D eigenvalue weighted by atomic mass is 10.0. The molecule has 1 aromatic carbocycles. The number of hydrogen-bond donors (Lipinski definition) is 5. The first-order chi connectivity index (χ1) is 9.85. The minimum Gasteiger partial charge on any atom is -0.504 e. The largest absolute Gasteiger partial charge is 0.504 e. The Morgan fingerprint density at radius 3 is 2.52 bits per heavy atom. The van der Waals surface area contributed by atoms with Crippen LogP contribution in [-0.4, -0.2) is 39.3 Å². The summed E-state index contributed by atoms with van der Waals surface area (Å²) < 4.78 is 0. The molecule has 7 heteroatoms. The third-order valence-corrected chi connectivity index (χ3v) is 2.85. The lowest BCUT2D eigenvalue weighted by Gasteiger charge is -2.17. The SMILES string of the molecule is C=CCC(NC(=O)[C@@H](N)Cc1ccc(O)c(O)c1)C(=O)O. The van der Waals surface area contributed by atoms with Crippen molar-refractivity contribution < 1.29 is 24.9 Å². The Kier molecular flexibility index (Phi) is 5.74. The Morgan fingerprint density at radius 2 is 2.00 bits per heavy atom. The molecular weight excluding hydrogens is 276 g/mol. The van der Waals surface area contributed by atoms with E-state index in [0.717, 1.165) is 0 Å². The first-order valence-electron chi connectivity index (χ1n) is 6.25. The van der Waals surface area contributed by atoms with E-state index in [1.165, 1.54) is 24.3 Å². The number of rotatable bonds is 7. The van der Waals surface area contributed by atoms with E-state index in [9.17, 15) is 19.8 Å². The quantitative estimate of drug-likeness (QED) is 0.358. The second-order valence-electron chi connectivity index (χ2n) is 4.56. The number of nitrogens with one attached hydrogen (secondary N) is 1. The predicted octanol–water partition coefficient (Wildman–Crippen LogP) is 0.113. The Bertz CT molecular complexity index is 544. The summed E-state index contributed by atoms with van der Waals surface area (Å²) in [4.78, 5) is 22.8. The van der Waals surface area contributed by atoms with Crippen LogP contribution in [0.15, 0.2) is 30.9 Å². The highest BCUT2D eigenvalue weighted by Crippen LogP contribution is 2.25. The fourth-order valence-corrected chi connectivity index (χ4v) is 1.71. The lowest BCUT2D eigenvalue weighted by molar-refractivity contribution is -0.141. The highest BCUT2D eigenvalue weighted by atomic mass is 16.4. The highest BCUT2D eigenvalue weighted by molar-refractivity contribution is 5.87. The van der Waals surface area contributed by atoms with Crippen LogP contribution in [-0.2, 0) is 16.0 Å². The van der Waals surface area contributed by atoms with E-state index in [1.54, 1.807) is 0 Å². The molecule has 0 radical (unpaired) electrons. The van der Waals surface area contributed by atoms with Crippen LogP contribution in [0.25, 0.3) is 0 Å². The van der Waals surface area contributed by atoms with Gasteiger partial charge in [-0.1, -0.05) is 12.1 Å². The van der Waals surface area contributed by atoms with Crippen molar-refractivity contribution in [3.8, 4) is 11.5 Å². The molecule has 1 aromatic rings. The van der Waals surface area contributed by atoms with Crippen molar-refractivity contribution >= 4 is 11.9 Å². The van der Waals surface area contributed by atoms with Gasteiger partial charge in [0.25, 0.3) is 0 Å². The number of benzene rings is 1. The summed E-state index contributed by atoms with van der Waals surface area (Å²) in [5.74, 6) is -2.36. The molecule has 0 aromatic heterocycles. The normalized spacial score (nSPS) is 13.2. The number of carbonyl (C=O) groups is 2. The van der Waals surface area contributed by atoms with E-state index in [1.807, 2.05) is 0 Å². The zero-order valence-electron chi connectivity index (χ0n) is 11.3. The molecule has 1 amide bonds. The van der Waals surface area contributed by atoms with Crippen molar-refractivity contribution in [3.05, 3.63) is 36.4 Å². The minimum absolute atomic E-state index is 0.0911. The molecule has 0 heterocycles. The molecule has 6 N–H and O–H groups in total. The molecule has 0 fully saturated rings. The maximum absolute atomic E-state index is 11.8. The number of carboxylic acid groups (broad SMARTS) is 1. The van der Waals surface area contributed by atoms with Gasteiger partial charge in [-0.05, 0) is 30.5 Å².